The normalized spacial score (nSPS) is 38.0. The first-order valence-corrected chi connectivity index (χ1v) is 23.5. The lowest BCUT2D eigenvalue weighted by Gasteiger charge is -2.14. The van der Waals surface area contributed by atoms with Gasteiger partial charge in [-0.3, -0.25) is 8.37 Å². The number of rotatable bonds is 0. The van der Waals surface area contributed by atoms with Crippen LogP contribution < -0.4 is 0 Å². The molecule has 8 aliphatic rings. The van der Waals surface area contributed by atoms with Crippen LogP contribution in [0.2, 0.25) is 0 Å². The molecule has 0 spiro atoms. The van der Waals surface area contributed by atoms with Gasteiger partial charge in [-0.25, -0.2) is 16.8 Å². The summed E-state index contributed by atoms with van der Waals surface area (Å²) >= 11 is 0. The van der Waals surface area contributed by atoms with Gasteiger partial charge in [-0.15, -0.1) is 0 Å². The van der Waals surface area contributed by atoms with Crippen LogP contribution in [0.1, 0.15) is 113 Å². The second-order valence-electron chi connectivity index (χ2n) is 11.6. The molecule has 0 amide bonds. The average molecular weight is 709 g/mol. The van der Waals surface area contributed by atoms with Gasteiger partial charge in [-0.2, -0.15) is 16.8 Å². The summed E-state index contributed by atoms with van der Waals surface area (Å²) in [5.74, 6) is 4.46. The van der Waals surface area contributed by atoms with Gasteiger partial charge in [0.15, 0.2) is 9.84 Å². The summed E-state index contributed by atoms with van der Waals surface area (Å²) in [4.78, 5) is 0. The first-order chi connectivity index (χ1) is 20.7. The highest BCUT2D eigenvalue weighted by atomic mass is 32.2. The largest absolute Gasteiger partial charge is 0.270 e. The fourth-order valence-corrected chi connectivity index (χ4v) is 14.6. The molecule has 44 heavy (non-hydrogen) atoms. The highest BCUT2D eigenvalue weighted by molar-refractivity contribution is 7.92. The van der Waals surface area contributed by atoms with Crippen LogP contribution in [0.25, 0.3) is 0 Å². The molecule has 0 N–H and O–H groups in total. The Hall–Kier alpha value is -0.280. The van der Waals surface area contributed by atoms with Crippen LogP contribution in [0.5, 0.6) is 0 Å². The summed E-state index contributed by atoms with van der Waals surface area (Å²) in [5.41, 5.74) is 0. The van der Waals surface area contributed by atoms with E-state index in [0.29, 0.717) is 54.0 Å². The molecule has 8 unspecified atom stereocenters. The Morgan fingerprint density at radius 3 is 1.39 bits per heavy atom. The first kappa shape index (κ1) is 41.7. The molecule has 8 rings (SSSR count). The van der Waals surface area contributed by atoms with E-state index in [1.165, 1.54) is 12.8 Å². The Bertz CT molecular complexity index is 1150. The predicted octanol–water partition coefficient (Wildman–Crippen LogP) is 5.38. The van der Waals surface area contributed by atoms with Gasteiger partial charge in [0.1, 0.15) is 9.84 Å². The molecule has 4 bridgehead atoms. The molecule has 4 heterocycles. The number of fused-ring (bicyclic) bond motifs is 2. The SMILES string of the molecule is CC.CC.CC.CC.O=S1(=O)CC2CC3CC2C1C3.O=S1(=O)CCCC1.O=S1(=O)CCCO1.O=S1(=O)OC2CC3CC2C1C3. The van der Waals surface area contributed by atoms with E-state index in [2.05, 4.69) is 4.18 Å². The summed E-state index contributed by atoms with van der Waals surface area (Å²) in [5, 5.41) is -0.0440. The van der Waals surface area contributed by atoms with Gasteiger partial charge in [0, 0.05) is 5.92 Å². The lowest BCUT2D eigenvalue weighted by atomic mass is 9.91. The summed E-state index contributed by atoms with van der Waals surface area (Å²) in [7, 11) is -11.4. The summed E-state index contributed by atoms with van der Waals surface area (Å²) in [6.07, 6.45) is 8.83. The fourth-order valence-electron chi connectivity index (χ4n) is 7.59. The van der Waals surface area contributed by atoms with E-state index in [1.807, 2.05) is 55.4 Å². The Morgan fingerprint density at radius 1 is 0.545 bits per heavy atom. The number of sulfone groups is 2. The van der Waals surface area contributed by atoms with Crippen molar-refractivity contribution in [2.45, 2.75) is 130 Å². The van der Waals surface area contributed by atoms with Gasteiger partial charge in [0.05, 0.1) is 46.2 Å². The standard InChI is InChI=1S/C8H12O2S.C7H10O3S.C4H8O2S.C3H6O3S.4C2H6/c9-11(10)4-6-1-5-2-7(6)8(11)3-5;8-11(9)7-3-4-1-5(7)6(2-4)10-11;5-7(6)3-1-2-4-7;4-7(5)3-1-2-6-7;4*1-2/h5-8H,1-4H2;4-7H,1-3H2;1-4H2;1-3H2;4*1-2H3. The van der Waals surface area contributed by atoms with Crippen LogP contribution in [0.15, 0.2) is 0 Å². The van der Waals surface area contributed by atoms with Gasteiger partial charge in [-0.1, -0.05) is 55.4 Å². The molecule has 4 saturated carbocycles. The molecule has 264 valence electrons. The zero-order valence-corrected chi connectivity index (χ0v) is 31.5. The third-order valence-corrected chi connectivity index (χ3v) is 16.4. The van der Waals surface area contributed by atoms with Crippen LogP contribution >= 0.6 is 0 Å². The van der Waals surface area contributed by atoms with E-state index >= 15 is 0 Å². The summed E-state index contributed by atoms with van der Waals surface area (Å²) < 4.78 is 96.1. The van der Waals surface area contributed by atoms with E-state index < -0.39 is 39.9 Å². The van der Waals surface area contributed by atoms with E-state index in [1.54, 1.807) is 0 Å². The Balaban J connectivity index is 0.000000278. The topological polar surface area (TPSA) is 155 Å². The van der Waals surface area contributed by atoms with E-state index in [0.717, 1.165) is 44.4 Å². The lowest BCUT2D eigenvalue weighted by molar-refractivity contribution is 0.196. The molecule has 8 atom stereocenters. The second-order valence-corrected chi connectivity index (χ2v) is 19.7. The molecule has 4 aliphatic carbocycles. The third kappa shape index (κ3) is 10.9. The zero-order valence-electron chi connectivity index (χ0n) is 28.2. The first-order valence-electron chi connectivity index (χ1n) is 17.0. The molecule has 4 saturated heterocycles. The Kier molecular flexibility index (Phi) is 17.4. The molecule has 0 aromatic carbocycles. The van der Waals surface area contributed by atoms with Gasteiger partial charge in [0.2, 0.25) is 0 Å². The number of hydrogen-bond acceptors (Lipinski definition) is 10. The Morgan fingerprint density at radius 2 is 1.07 bits per heavy atom. The molecule has 10 nitrogen and oxygen atoms in total. The van der Waals surface area contributed by atoms with Crippen molar-refractivity contribution in [2.24, 2.45) is 29.6 Å². The van der Waals surface area contributed by atoms with Crippen molar-refractivity contribution in [3.63, 3.8) is 0 Å². The third-order valence-electron chi connectivity index (χ3n) is 9.08. The van der Waals surface area contributed by atoms with Gasteiger partial charge >= 0.3 is 0 Å². The molecule has 0 radical (unpaired) electrons. The maximum atomic E-state index is 11.5. The summed E-state index contributed by atoms with van der Waals surface area (Å²) in [6, 6.07) is 0. The minimum atomic E-state index is -3.13. The minimum Gasteiger partial charge on any atom is -0.270 e. The van der Waals surface area contributed by atoms with Crippen molar-refractivity contribution < 1.29 is 42.0 Å². The molecule has 0 aromatic heterocycles. The predicted molar refractivity (Wildman–Crippen MR) is 178 cm³/mol. The maximum absolute atomic E-state index is 11.5. The average Bonchev–Trinajstić information content (AvgIpc) is 3.86. The van der Waals surface area contributed by atoms with Gasteiger partial charge in [0.25, 0.3) is 20.2 Å². The van der Waals surface area contributed by atoms with Crippen molar-refractivity contribution >= 4 is 39.9 Å². The fraction of sp³-hybridized carbons (Fsp3) is 1.00. The molecule has 4 aliphatic heterocycles. The van der Waals surface area contributed by atoms with Crippen LogP contribution in [-0.4, -0.2) is 79.9 Å². The van der Waals surface area contributed by atoms with Crippen LogP contribution in [0.3, 0.4) is 0 Å². The molecule has 8 fully saturated rings. The molecular formula is C30H60O10S4. The van der Waals surface area contributed by atoms with Crippen molar-refractivity contribution in [3.8, 4) is 0 Å². The maximum Gasteiger partial charge on any atom is 0.270 e. The highest BCUT2D eigenvalue weighted by Gasteiger charge is 2.59. The van der Waals surface area contributed by atoms with Crippen molar-refractivity contribution in [2.75, 3.05) is 29.6 Å². The summed E-state index contributed by atoms with van der Waals surface area (Å²) in [6.45, 7) is 16.4. The van der Waals surface area contributed by atoms with E-state index in [4.69, 9.17) is 4.18 Å². The number of hydrogen-bond donors (Lipinski definition) is 0. The minimum absolute atomic E-state index is 0.0590. The Labute approximate surface area is 269 Å². The second kappa shape index (κ2) is 18.3. The monoisotopic (exact) mass is 708 g/mol. The van der Waals surface area contributed by atoms with Crippen molar-refractivity contribution in [1.82, 2.24) is 0 Å². The molecular weight excluding hydrogens is 649 g/mol. The molecule has 0 aromatic rings. The smallest absolute Gasteiger partial charge is 0.270 e. The zero-order chi connectivity index (χ0) is 33.9. The van der Waals surface area contributed by atoms with Crippen LogP contribution in [-0.2, 0) is 48.3 Å². The lowest BCUT2D eigenvalue weighted by Crippen LogP contribution is -2.21. The van der Waals surface area contributed by atoms with Gasteiger partial charge in [-0.05, 0) is 81.5 Å². The highest BCUT2D eigenvalue weighted by Crippen LogP contribution is 2.56. The van der Waals surface area contributed by atoms with Crippen LogP contribution in [0, 0.1) is 29.6 Å². The molecule has 14 heteroatoms. The van der Waals surface area contributed by atoms with Crippen LogP contribution in [0.4, 0.5) is 0 Å². The van der Waals surface area contributed by atoms with Crippen molar-refractivity contribution in [3.05, 3.63) is 0 Å². The van der Waals surface area contributed by atoms with E-state index in [9.17, 15) is 33.7 Å². The van der Waals surface area contributed by atoms with Gasteiger partial charge < -0.3 is 0 Å². The van der Waals surface area contributed by atoms with Crippen molar-refractivity contribution in [1.29, 1.82) is 0 Å². The quantitative estimate of drug-likeness (QED) is 0.300. The van der Waals surface area contributed by atoms with E-state index in [-0.39, 0.29) is 22.4 Å².